The fraction of sp³-hybridized carbons (Fsp3) is 1.00. The topological polar surface area (TPSA) is 43.0 Å². The minimum Gasteiger partial charge on any atom is -0.385 e. The fourth-order valence-corrected chi connectivity index (χ4v) is 2.71. The van der Waals surface area contributed by atoms with Crippen molar-refractivity contribution in [3.05, 3.63) is 0 Å². The molecule has 120 valence electrons. The van der Waals surface area contributed by atoms with Crippen molar-refractivity contribution in [2.24, 2.45) is 0 Å². The van der Waals surface area contributed by atoms with Crippen molar-refractivity contribution in [2.75, 3.05) is 60.3 Å². The fourth-order valence-electron chi connectivity index (χ4n) is 2.71. The van der Waals surface area contributed by atoms with E-state index in [0.29, 0.717) is 12.1 Å². The van der Waals surface area contributed by atoms with E-state index in [1.54, 1.807) is 14.2 Å². The van der Waals surface area contributed by atoms with Crippen LogP contribution in [0.3, 0.4) is 0 Å². The highest BCUT2D eigenvalue weighted by Gasteiger charge is 2.29. The molecule has 1 N–H and O–H groups in total. The van der Waals surface area contributed by atoms with Gasteiger partial charge in [0.15, 0.2) is 0 Å². The van der Waals surface area contributed by atoms with E-state index >= 15 is 0 Å². The zero-order valence-corrected chi connectivity index (χ0v) is 13.4. The van der Waals surface area contributed by atoms with Crippen molar-refractivity contribution in [3.63, 3.8) is 0 Å². The average molecular weight is 288 g/mol. The first-order chi connectivity index (χ1) is 9.83. The zero-order valence-electron chi connectivity index (χ0n) is 13.4. The minimum atomic E-state index is 0.447. The highest BCUT2D eigenvalue weighted by molar-refractivity contribution is 4.87. The summed E-state index contributed by atoms with van der Waals surface area (Å²) in [6, 6.07) is 0.977. The van der Waals surface area contributed by atoms with Crippen LogP contribution in [0.4, 0.5) is 0 Å². The van der Waals surface area contributed by atoms with Crippen LogP contribution in [0.1, 0.15) is 26.2 Å². The maximum absolute atomic E-state index is 5.71. The third-order valence-electron chi connectivity index (χ3n) is 3.83. The first-order valence-corrected chi connectivity index (χ1v) is 7.86. The number of rotatable bonds is 11. The third-order valence-corrected chi connectivity index (χ3v) is 3.83. The second kappa shape index (κ2) is 11.5. The molecule has 1 heterocycles. The van der Waals surface area contributed by atoms with Crippen LogP contribution >= 0.6 is 0 Å². The number of methoxy groups -OCH3 is 2. The molecule has 1 saturated heterocycles. The van der Waals surface area contributed by atoms with E-state index in [1.807, 2.05) is 0 Å². The standard InChI is InChI=1S/C15H32N2O3/c1-4-7-16-14-6-11-20-13-15(14)17(9-12-19-3)8-5-10-18-2/h14-16H,4-13H2,1-3H3. The Morgan fingerprint density at radius 2 is 2.00 bits per heavy atom. The lowest BCUT2D eigenvalue weighted by Crippen LogP contribution is -2.56. The summed E-state index contributed by atoms with van der Waals surface area (Å²) in [6.45, 7) is 8.55. The van der Waals surface area contributed by atoms with Gasteiger partial charge in [0.2, 0.25) is 0 Å². The predicted octanol–water partition coefficient (Wildman–Crippen LogP) is 1.13. The lowest BCUT2D eigenvalue weighted by atomic mass is 10.0. The molecule has 0 aromatic rings. The quantitative estimate of drug-likeness (QED) is 0.577. The first kappa shape index (κ1) is 17.9. The van der Waals surface area contributed by atoms with Crippen LogP contribution in [-0.4, -0.2) is 77.3 Å². The molecular weight excluding hydrogens is 256 g/mol. The van der Waals surface area contributed by atoms with Gasteiger partial charge in [0, 0.05) is 52.6 Å². The highest BCUT2D eigenvalue weighted by atomic mass is 16.5. The van der Waals surface area contributed by atoms with Crippen LogP contribution in [0, 0.1) is 0 Å². The number of hydrogen-bond acceptors (Lipinski definition) is 5. The van der Waals surface area contributed by atoms with Crippen LogP contribution in [-0.2, 0) is 14.2 Å². The average Bonchev–Trinajstić information content (AvgIpc) is 2.49. The lowest BCUT2D eigenvalue weighted by Gasteiger charge is -2.40. The summed E-state index contributed by atoms with van der Waals surface area (Å²) in [5.74, 6) is 0. The molecule has 0 aromatic carbocycles. The summed E-state index contributed by atoms with van der Waals surface area (Å²) in [7, 11) is 3.52. The molecule has 5 nitrogen and oxygen atoms in total. The summed E-state index contributed by atoms with van der Waals surface area (Å²) in [4.78, 5) is 2.50. The van der Waals surface area contributed by atoms with E-state index in [9.17, 15) is 0 Å². The first-order valence-electron chi connectivity index (χ1n) is 7.86. The van der Waals surface area contributed by atoms with Gasteiger partial charge in [-0.15, -0.1) is 0 Å². The molecule has 0 aliphatic carbocycles. The second-order valence-corrected chi connectivity index (χ2v) is 5.37. The van der Waals surface area contributed by atoms with Gasteiger partial charge in [-0.3, -0.25) is 4.90 Å². The Labute approximate surface area is 123 Å². The molecule has 20 heavy (non-hydrogen) atoms. The van der Waals surface area contributed by atoms with Crippen LogP contribution in [0.15, 0.2) is 0 Å². The molecule has 1 aliphatic heterocycles. The lowest BCUT2D eigenvalue weighted by molar-refractivity contribution is -0.0128. The van der Waals surface area contributed by atoms with Crippen LogP contribution in [0.25, 0.3) is 0 Å². The summed E-state index contributed by atoms with van der Waals surface area (Å²) < 4.78 is 16.1. The SMILES string of the molecule is CCCNC1CCOCC1N(CCCOC)CCOC. The molecule has 0 saturated carbocycles. The minimum absolute atomic E-state index is 0.447. The van der Waals surface area contributed by atoms with Crippen molar-refractivity contribution in [1.82, 2.24) is 10.2 Å². The Morgan fingerprint density at radius 1 is 1.20 bits per heavy atom. The maximum Gasteiger partial charge on any atom is 0.0637 e. The number of ether oxygens (including phenoxy) is 3. The molecule has 5 heteroatoms. The molecule has 0 bridgehead atoms. The van der Waals surface area contributed by atoms with E-state index in [2.05, 4.69) is 17.1 Å². The Hall–Kier alpha value is -0.200. The van der Waals surface area contributed by atoms with Gasteiger partial charge in [-0.05, 0) is 25.8 Å². The van der Waals surface area contributed by atoms with Crippen molar-refractivity contribution in [1.29, 1.82) is 0 Å². The molecule has 0 amide bonds. The maximum atomic E-state index is 5.71. The van der Waals surface area contributed by atoms with Crippen molar-refractivity contribution in [2.45, 2.75) is 38.3 Å². The number of hydrogen-bond donors (Lipinski definition) is 1. The van der Waals surface area contributed by atoms with Gasteiger partial charge in [-0.1, -0.05) is 6.92 Å². The molecule has 2 unspecified atom stereocenters. The molecular formula is C15H32N2O3. The van der Waals surface area contributed by atoms with Crippen LogP contribution in [0.2, 0.25) is 0 Å². The molecule has 0 spiro atoms. The third kappa shape index (κ3) is 6.50. The van der Waals surface area contributed by atoms with Crippen LogP contribution < -0.4 is 5.32 Å². The Kier molecular flexibility index (Phi) is 10.2. The van der Waals surface area contributed by atoms with E-state index in [-0.39, 0.29) is 0 Å². The van der Waals surface area contributed by atoms with E-state index in [1.165, 1.54) is 6.42 Å². The summed E-state index contributed by atoms with van der Waals surface area (Å²) in [5, 5.41) is 3.67. The number of nitrogens with one attached hydrogen (secondary N) is 1. The molecule has 0 aromatic heterocycles. The van der Waals surface area contributed by atoms with Gasteiger partial charge in [0.05, 0.1) is 13.2 Å². The molecule has 2 atom stereocenters. The van der Waals surface area contributed by atoms with Crippen LogP contribution in [0.5, 0.6) is 0 Å². The summed E-state index contributed by atoms with van der Waals surface area (Å²) in [6.07, 6.45) is 3.32. The highest BCUT2D eigenvalue weighted by Crippen LogP contribution is 2.15. The normalized spacial score (nSPS) is 23.4. The van der Waals surface area contributed by atoms with Crippen molar-refractivity contribution in [3.8, 4) is 0 Å². The van der Waals surface area contributed by atoms with Gasteiger partial charge < -0.3 is 19.5 Å². The Bertz CT molecular complexity index is 229. The van der Waals surface area contributed by atoms with Gasteiger partial charge in [-0.25, -0.2) is 0 Å². The number of nitrogens with zero attached hydrogens (tertiary/aromatic N) is 1. The molecule has 1 fully saturated rings. The largest absolute Gasteiger partial charge is 0.385 e. The smallest absolute Gasteiger partial charge is 0.0637 e. The molecule has 1 aliphatic rings. The van der Waals surface area contributed by atoms with E-state index in [4.69, 9.17) is 14.2 Å². The summed E-state index contributed by atoms with van der Waals surface area (Å²) in [5.41, 5.74) is 0. The van der Waals surface area contributed by atoms with Crippen molar-refractivity contribution >= 4 is 0 Å². The van der Waals surface area contributed by atoms with Gasteiger partial charge in [0.25, 0.3) is 0 Å². The van der Waals surface area contributed by atoms with Crippen molar-refractivity contribution < 1.29 is 14.2 Å². The monoisotopic (exact) mass is 288 g/mol. The van der Waals surface area contributed by atoms with Gasteiger partial charge in [-0.2, -0.15) is 0 Å². The second-order valence-electron chi connectivity index (χ2n) is 5.37. The van der Waals surface area contributed by atoms with E-state index < -0.39 is 0 Å². The Morgan fingerprint density at radius 3 is 2.70 bits per heavy atom. The van der Waals surface area contributed by atoms with E-state index in [0.717, 1.165) is 58.9 Å². The molecule has 1 rings (SSSR count). The van der Waals surface area contributed by atoms with Gasteiger partial charge >= 0.3 is 0 Å². The van der Waals surface area contributed by atoms with Gasteiger partial charge in [0.1, 0.15) is 0 Å². The summed E-state index contributed by atoms with van der Waals surface area (Å²) >= 11 is 0. The molecule has 0 radical (unpaired) electrons. The Balaban J connectivity index is 2.53. The zero-order chi connectivity index (χ0) is 14.6. The predicted molar refractivity (Wildman–Crippen MR) is 81.2 cm³/mol.